The Morgan fingerprint density at radius 2 is 2.15 bits per heavy atom. The van der Waals surface area contributed by atoms with Crippen molar-refractivity contribution in [3.8, 4) is 5.75 Å². The van der Waals surface area contributed by atoms with E-state index in [1.54, 1.807) is 19.7 Å². The summed E-state index contributed by atoms with van der Waals surface area (Å²) in [5, 5.41) is 4.28. The van der Waals surface area contributed by atoms with E-state index in [0.29, 0.717) is 24.8 Å². The van der Waals surface area contributed by atoms with Crippen LogP contribution in [0.5, 0.6) is 5.75 Å². The van der Waals surface area contributed by atoms with Crippen molar-refractivity contribution in [2.45, 2.75) is 6.92 Å². The lowest BCUT2D eigenvalue weighted by Gasteiger charge is -2.28. The number of hydrazone groups is 1. The van der Waals surface area contributed by atoms with Crippen LogP contribution < -0.4 is 15.1 Å². The molecule has 0 bridgehead atoms. The predicted molar refractivity (Wildman–Crippen MR) is 104 cm³/mol. The van der Waals surface area contributed by atoms with Crippen LogP contribution in [0.3, 0.4) is 0 Å². The number of aryl methyl sites for hydroxylation is 1. The number of nitrogens with one attached hydrogen (secondary N) is 2. The highest BCUT2D eigenvalue weighted by Gasteiger charge is 2.18. The lowest BCUT2D eigenvalue weighted by atomic mass is 10.1. The lowest BCUT2D eigenvalue weighted by Crippen LogP contribution is -2.37. The molecule has 0 radical (unpaired) electrons. The van der Waals surface area contributed by atoms with Gasteiger partial charge in [-0.25, -0.2) is 10.4 Å². The van der Waals surface area contributed by atoms with Crippen LogP contribution in [0.15, 0.2) is 29.6 Å². The zero-order valence-electron chi connectivity index (χ0n) is 15.3. The molecular weight excluding hydrogens is 346 g/mol. The molecular formula is C18H21N7O2. The van der Waals surface area contributed by atoms with E-state index in [0.717, 1.165) is 41.3 Å². The second-order valence-corrected chi connectivity index (χ2v) is 6.19. The van der Waals surface area contributed by atoms with Crippen LogP contribution in [0.4, 0.5) is 11.8 Å². The largest absolute Gasteiger partial charge is 0.496 e. The summed E-state index contributed by atoms with van der Waals surface area (Å²) in [6.07, 6.45) is 3.31. The summed E-state index contributed by atoms with van der Waals surface area (Å²) in [6, 6.07) is 5.91. The van der Waals surface area contributed by atoms with Gasteiger partial charge in [0.1, 0.15) is 11.3 Å². The number of benzene rings is 1. The summed E-state index contributed by atoms with van der Waals surface area (Å²) >= 11 is 0. The summed E-state index contributed by atoms with van der Waals surface area (Å²) in [5.74, 6) is 1.94. The number of imidazole rings is 1. The summed E-state index contributed by atoms with van der Waals surface area (Å²) in [6.45, 7) is 4.91. The fourth-order valence-corrected chi connectivity index (χ4v) is 2.99. The molecule has 9 heteroatoms. The first-order valence-corrected chi connectivity index (χ1v) is 8.72. The van der Waals surface area contributed by atoms with Gasteiger partial charge in [0.05, 0.1) is 32.9 Å². The Labute approximate surface area is 156 Å². The molecule has 27 heavy (non-hydrogen) atoms. The van der Waals surface area contributed by atoms with Crippen molar-refractivity contribution in [2.24, 2.45) is 5.10 Å². The molecule has 1 aliphatic rings. The molecule has 4 rings (SSSR count). The maximum Gasteiger partial charge on any atom is 0.247 e. The van der Waals surface area contributed by atoms with E-state index < -0.39 is 0 Å². The molecule has 3 aromatic rings. The van der Waals surface area contributed by atoms with E-state index in [2.05, 4.69) is 35.4 Å². The van der Waals surface area contributed by atoms with Crippen molar-refractivity contribution in [3.63, 3.8) is 0 Å². The Hall–Kier alpha value is -3.20. The number of H-pyrrole nitrogens is 1. The normalized spacial score (nSPS) is 14.8. The molecule has 0 saturated carbocycles. The Kier molecular flexibility index (Phi) is 4.84. The van der Waals surface area contributed by atoms with Gasteiger partial charge in [-0.3, -0.25) is 0 Å². The summed E-state index contributed by atoms with van der Waals surface area (Å²) in [4.78, 5) is 18.6. The van der Waals surface area contributed by atoms with Gasteiger partial charge in [-0.2, -0.15) is 15.1 Å². The minimum Gasteiger partial charge on any atom is -0.496 e. The monoisotopic (exact) mass is 367 g/mol. The third kappa shape index (κ3) is 3.68. The fraction of sp³-hybridized carbons (Fsp3) is 0.333. The molecule has 2 N–H and O–H groups in total. The Bertz CT molecular complexity index is 963. The van der Waals surface area contributed by atoms with Crippen molar-refractivity contribution in [1.29, 1.82) is 0 Å². The number of rotatable bonds is 5. The summed E-state index contributed by atoms with van der Waals surface area (Å²) < 4.78 is 10.8. The molecule has 2 aromatic heterocycles. The molecule has 0 atom stereocenters. The van der Waals surface area contributed by atoms with Crippen LogP contribution in [0, 0.1) is 6.92 Å². The van der Waals surface area contributed by atoms with Crippen molar-refractivity contribution >= 4 is 29.1 Å². The molecule has 1 aliphatic heterocycles. The smallest absolute Gasteiger partial charge is 0.247 e. The highest BCUT2D eigenvalue weighted by atomic mass is 16.5. The first kappa shape index (κ1) is 17.2. The van der Waals surface area contributed by atoms with Gasteiger partial charge in [-0.15, -0.1) is 0 Å². The number of ether oxygens (including phenoxy) is 2. The van der Waals surface area contributed by atoms with Gasteiger partial charge in [0.25, 0.3) is 0 Å². The number of fused-ring (bicyclic) bond motifs is 1. The number of hydrogen-bond acceptors (Lipinski definition) is 8. The number of methoxy groups -OCH3 is 1. The van der Waals surface area contributed by atoms with Crippen LogP contribution in [-0.2, 0) is 4.74 Å². The van der Waals surface area contributed by atoms with E-state index >= 15 is 0 Å². The first-order valence-electron chi connectivity index (χ1n) is 8.72. The van der Waals surface area contributed by atoms with Gasteiger partial charge in [-0.1, -0.05) is 11.6 Å². The predicted octanol–water partition coefficient (Wildman–Crippen LogP) is 1.95. The third-order valence-corrected chi connectivity index (χ3v) is 4.33. The second kappa shape index (κ2) is 7.58. The quantitative estimate of drug-likeness (QED) is 0.525. The summed E-state index contributed by atoms with van der Waals surface area (Å²) in [7, 11) is 1.64. The average Bonchev–Trinajstić information content (AvgIpc) is 3.17. The van der Waals surface area contributed by atoms with Crippen LogP contribution in [0.1, 0.15) is 11.1 Å². The number of hydrogen-bond donors (Lipinski definition) is 2. The average molecular weight is 367 g/mol. The van der Waals surface area contributed by atoms with Gasteiger partial charge >= 0.3 is 0 Å². The van der Waals surface area contributed by atoms with Crippen LogP contribution in [0.25, 0.3) is 11.2 Å². The number of anilines is 2. The van der Waals surface area contributed by atoms with E-state index in [4.69, 9.17) is 9.47 Å². The van der Waals surface area contributed by atoms with Gasteiger partial charge in [0, 0.05) is 18.7 Å². The van der Waals surface area contributed by atoms with E-state index in [-0.39, 0.29) is 0 Å². The molecule has 0 unspecified atom stereocenters. The SMILES string of the molecule is COc1ccc(C)cc1/C=N/Nc1nc(N2CCOCC2)c2[nH]cnc2n1. The number of aromatic nitrogens is 4. The first-order chi connectivity index (χ1) is 13.2. The molecule has 140 valence electrons. The van der Waals surface area contributed by atoms with Crippen LogP contribution in [-0.4, -0.2) is 59.6 Å². The van der Waals surface area contributed by atoms with Crippen molar-refractivity contribution < 1.29 is 9.47 Å². The molecule has 9 nitrogen and oxygen atoms in total. The van der Waals surface area contributed by atoms with Crippen molar-refractivity contribution in [1.82, 2.24) is 19.9 Å². The van der Waals surface area contributed by atoms with E-state index in [1.807, 2.05) is 25.1 Å². The van der Waals surface area contributed by atoms with E-state index in [9.17, 15) is 0 Å². The lowest BCUT2D eigenvalue weighted by molar-refractivity contribution is 0.122. The van der Waals surface area contributed by atoms with Gasteiger partial charge < -0.3 is 19.4 Å². The van der Waals surface area contributed by atoms with E-state index in [1.165, 1.54) is 0 Å². The Morgan fingerprint density at radius 1 is 1.30 bits per heavy atom. The number of morpholine rings is 1. The van der Waals surface area contributed by atoms with Gasteiger partial charge in [0.2, 0.25) is 5.95 Å². The minimum absolute atomic E-state index is 0.388. The standard InChI is InChI=1S/C18H21N7O2/c1-12-3-4-14(26-2)13(9-12)10-21-24-18-22-16-15(19-11-20-16)17(23-18)25-5-7-27-8-6-25/h3-4,9-11H,5-8H2,1-2H3,(H2,19,20,22,23,24)/b21-10+. The second-order valence-electron chi connectivity index (χ2n) is 6.19. The molecule has 1 aromatic carbocycles. The molecule has 1 fully saturated rings. The minimum atomic E-state index is 0.388. The molecule has 0 amide bonds. The summed E-state index contributed by atoms with van der Waals surface area (Å²) in [5.41, 5.74) is 6.31. The third-order valence-electron chi connectivity index (χ3n) is 4.33. The molecule has 0 spiro atoms. The zero-order valence-corrected chi connectivity index (χ0v) is 15.3. The van der Waals surface area contributed by atoms with Crippen molar-refractivity contribution in [2.75, 3.05) is 43.7 Å². The zero-order chi connectivity index (χ0) is 18.6. The molecule has 3 heterocycles. The van der Waals surface area contributed by atoms with Gasteiger partial charge in [-0.05, 0) is 19.1 Å². The maximum absolute atomic E-state index is 5.43. The maximum atomic E-state index is 5.43. The highest BCUT2D eigenvalue weighted by molar-refractivity contribution is 5.86. The Morgan fingerprint density at radius 3 is 2.96 bits per heavy atom. The highest BCUT2D eigenvalue weighted by Crippen LogP contribution is 2.23. The van der Waals surface area contributed by atoms with Crippen LogP contribution >= 0.6 is 0 Å². The number of nitrogens with zero attached hydrogens (tertiary/aromatic N) is 5. The van der Waals surface area contributed by atoms with Crippen LogP contribution in [0.2, 0.25) is 0 Å². The number of aromatic amines is 1. The van der Waals surface area contributed by atoms with Gasteiger partial charge in [0.15, 0.2) is 11.5 Å². The topological polar surface area (TPSA) is 101 Å². The van der Waals surface area contributed by atoms with Crippen molar-refractivity contribution in [3.05, 3.63) is 35.7 Å². The Balaban J connectivity index is 1.60. The molecule has 1 saturated heterocycles. The fourth-order valence-electron chi connectivity index (χ4n) is 2.99. The molecule has 0 aliphatic carbocycles.